The van der Waals surface area contributed by atoms with Crippen molar-refractivity contribution >= 4 is 19.2 Å². The normalized spacial score (nSPS) is 15.9. The van der Waals surface area contributed by atoms with Crippen molar-refractivity contribution in [3.05, 3.63) is 125 Å². The zero-order valence-corrected chi connectivity index (χ0v) is 32.4. The monoisotopic (exact) mass is 839 g/mol. The van der Waals surface area contributed by atoms with Gasteiger partial charge in [0.15, 0.2) is 5.60 Å². The number of rotatable bonds is 14. The van der Waals surface area contributed by atoms with E-state index >= 15 is 8.78 Å². The molecule has 1 fully saturated rings. The highest BCUT2D eigenvalue weighted by molar-refractivity contribution is 7.46. The number of halogens is 4. The lowest BCUT2D eigenvalue weighted by atomic mass is 9.84. The first-order valence-corrected chi connectivity index (χ1v) is 19.8. The third kappa shape index (κ3) is 8.51. The van der Waals surface area contributed by atoms with Gasteiger partial charge in [0.05, 0.1) is 30.6 Å². The molecule has 3 atom stereocenters. The summed E-state index contributed by atoms with van der Waals surface area (Å²) in [5, 5.41) is 25.9. The van der Waals surface area contributed by atoms with Gasteiger partial charge in [0.1, 0.15) is 35.8 Å². The summed E-state index contributed by atoms with van der Waals surface area (Å²) < 4.78 is 80.3. The SMILES string of the molecule is CC[C@@H]([C@H](C)OP(=O)(O)O)n1ncn(-c2ccc(N3CCN(c4ccc(-c5ccc(C(F)(F)C(O)(Cn6cnnn6)c6ccc(F)cc6F)nc5)cc4)CC3)cn2)c1=O. The molecule has 310 valence electrons. The number of pyridine rings is 2. The van der Waals surface area contributed by atoms with E-state index in [-0.39, 0.29) is 0 Å². The summed E-state index contributed by atoms with van der Waals surface area (Å²) in [6, 6.07) is 14.7. The molecule has 1 saturated heterocycles. The lowest BCUT2D eigenvalue weighted by Crippen LogP contribution is -2.48. The van der Waals surface area contributed by atoms with Crippen LogP contribution in [-0.4, -0.2) is 91.7 Å². The van der Waals surface area contributed by atoms with Crippen molar-refractivity contribution in [3.63, 3.8) is 0 Å². The van der Waals surface area contributed by atoms with E-state index in [4.69, 9.17) is 4.52 Å². The second-order valence-corrected chi connectivity index (χ2v) is 15.1. The molecule has 1 unspecified atom stereocenters. The number of alkyl halides is 2. The van der Waals surface area contributed by atoms with E-state index < -0.39 is 66.6 Å². The highest BCUT2D eigenvalue weighted by Gasteiger charge is 2.58. The van der Waals surface area contributed by atoms with E-state index in [1.807, 2.05) is 30.3 Å². The minimum absolute atomic E-state index is 0.323. The highest BCUT2D eigenvalue weighted by Crippen LogP contribution is 2.47. The van der Waals surface area contributed by atoms with Crippen LogP contribution in [0, 0.1) is 11.6 Å². The maximum Gasteiger partial charge on any atom is 0.469 e. The smallest absolute Gasteiger partial charge is 0.377 e. The van der Waals surface area contributed by atoms with E-state index in [1.54, 1.807) is 19.2 Å². The summed E-state index contributed by atoms with van der Waals surface area (Å²) in [5.74, 6) is -6.24. The number of benzene rings is 2. The largest absolute Gasteiger partial charge is 0.469 e. The minimum atomic E-state index is -4.77. The van der Waals surface area contributed by atoms with Gasteiger partial charge in [-0.1, -0.05) is 25.1 Å². The van der Waals surface area contributed by atoms with Crippen LogP contribution in [0.3, 0.4) is 0 Å². The third-order valence-corrected chi connectivity index (χ3v) is 10.8. The van der Waals surface area contributed by atoms with Gasteiger partial charge in [-0.05, 0) is 71.8 Å². The van der Waals surface area contributed by atoms with Crippen LogP contribution in [0.2, 0.25) is 0 Å². The predicted molar refractivity (Wildman–Crippen MR) is 204 cm³/mol. The number of anilines is 2. The van der Waals surface area contributed by atoms with Gasteiger partial charge >= 0.3 is 19.4 Å². The van der Waals surface area contributed by atoms with Crippen molar-refractivity contribution in [2.24, 2.45) is 0 Å². The lowest BCUT2D eigenvalue weighted by Gasteiger charge is -2.37. The summed E-state index contributed by atoms with van der Waals surface area (Å²) in [7, 11) is -4.77. The van der Waals surface area contributed by atoms with Crippen LogP contribution in [-0.2, 0) is 27.2 Å². The number of aromatic nitrogens is 9. The van der Waals surface area contributed by atoms with E-state index in [1.165, 1.54) is 30.1 Å². The molecule has 0 bridgehead atoms. The quantitative estimate of drug-likeness (QED) is 0.104. The Kier molecular flexibility index (Phi) is 11.5. The number of hydrogen-bond donors (Lipinski definition) is 3. The Labute approximate surface area is 333 Å². The molecular formula is C37H38F4N11O6P. The summed E-state index contributed by atoms with van der Waals surface area (Å²) in [4.78, 5) is 44.4. The maximum absolute atomic E-state index is 16.2. The fourth-order valence-electron chi connectivity index (χ4n) is 7.11. The molecule has 0 aliphatic carbocycles. The van der Waals surface area contributed by atoms with Crippen LogP contribution in [0.4, 0.5) is 28.9 Å². The summed E-state index contributed by atoms with van der Waals surface area (Å²) in [5.41, 5.74) is -2.51. The molecule has 3 N–H and O–H groups in total. The molecule has 22 heteroatoms. The van der Waals surface area contributed by atoms with Gasteiger partial charge in [0, 0.05) is 55.3 Å². The molecule has 17 nitrogen and oxygen atoms in total. The Morgan fingerprint density at radius 3 is 2.14 bits per heavy atom. The minimum Gasteiger partial charge on any atom is -0.377 e. The second-order valence-electron chi connectivity index (χ2n) is 13.9. The van der Waals surface area contributed by atoms with E-state index in [0.29, 0.717) is 55.6 Å². The van der Waals surface area contributed by atoms with Crippen LogP contribution < -0.4 is 15.5 Å². The van der Waals surface area contributed by atoms with Crippen molar-refractivity contribution in [1.82, 2.24) is 44.5 Å². The zero-order valence-electron chi connectivity index (χ0n) is 31.5. The molecule has 0 spiro atoms. The van der Waals surface area contributed by atoms with Crippen LogP contribution >= 0.6 is 7.82 Å². The standard InChI is InChI=1S/C37H38F4N11O6P/c1-3-32(24(2)58-59(55,56)57)52-35(53)51(23-45-52)34-13-10-29(20-43-34)49-16-14-48(15-17-49)28-8-4-25(5-9-28)26-6-12-33(42-19-26)37(40,41)36(54,21-50-22-44-46-47-50)30-11-7-27(38)18-31(30)39/h4-13,18-20,22-24,32,54H,3,14-17,21H2,1-2H3,(H2,55,56,57)/t24-,32-,36?/m0/s1. The molecule has 59 heavy (non-hydrogen) atoms. The molecule has 4 aromatic heterocycles. The van der Waals surface area contributed by atoms with Crippen LogP contribution in [0.15, 0.2) is 96.6 Å². The molecule has 6 aromatic rings. The van der Waals surface area contributed by atoms with Crippen molar-refractivity contribution < 1.29 is 41.5 Å². The second kappa shape index (κ2) is 16.4. The number of nitrogens with zero attached hydrogens (tertiary/aromatic N) is 11. The van der Waals surface area contributed by atoms with Gasteiger partial charge in [-0.3, -0.25) is 9.51 Å². The number of aliphatic hydroxyl groups is 1. The topological polar surface area (TPSA) is 203 Å². The van der Waals surface area contributed by atoms with Gasteiger partial charge in [-0.15, -0.1) is 5.10 Å². The molecule has 0 amide bonds. The van der Waals surface area contributed by atoms with E-state index in [2.05, 4.69) is 40.4 Å². The van der Waals surface area contributed by atoms with Gasteiger partial charge in [0.2, 0.25) is 0 Å². The summed E-state index contributed by atoms with van der Waals surface area (Å²) >= 11 is 0. The first-order valence-electron chi connectivity index (χ1n) is 18.3. The molecule has 2 aromatic carbocycles. The average molecular weight is 840 g/mol. The molecule has 0 saturated carbocycles. The van der Waals surface area contributed by atoms with Crippen molar-refractivity contribution in [2.45, 2.75) is 50.5 Å². The molecule has 5 heterocycles. The van der Waals surface area contributed by atoms with Crippen LogP contribution in [0.1, 0.15) is 37.6 Å². The zero-order chi connectivity index (χ0) is 42.1. The highest BCUT2D eigenvalue weighted by atomic mass is 31.2. The lowest BCUT2D eigenvalue weighted by molar-refractivity contribution is -0.207. The van der Waals surface area contributed by atoms with Crippen LogP contribution in [0.25, 0.3) is 16.9 Å². The number of hydrogen-bond acceptors (Lipinski definition) is 12. The summed E-state index contributed by atoms with van der Waals surface area (Å²) in [6.07, 6.45) is 4.52. The van der Waals surface area contributed by atoms with E-state index in [9.17, 15) is 33.0 Å². The van der Waals surface area contributed by atoms with Gasteiger partial charge in [0.25, 0.3) is 0 Å². The average Bonchev–Trinajstić information content (AvgIpc) is 3.87. The predicted octanol–water partition coefficient (Wildman–Crippen LogP) is 4.21. The molecule has 0 radical (unpaired) electrons. The van der Waals surface area contributed by atoms with Gasteiger partial charge in [-0.25, -0.2) is 37.1 Å². The van der Waals surface area contributed by atoms with Crippen LogP contribution in [0.5, 0.6) is 0 Å². The molecule has 1 aliphatic rings. The van der Waals surface area contributed by atoms with Gasteiger partial charge in [-0.2, -0.15) is 13.9 Å². The summed E-state index contributed by atoms with van der Waals surface area (Å²) in [6.45, 7) is 4.93. The fraction of sp³-hybridized carbons (Fsp3) is 0.324. The maximum atomic E-state index is 16.2. The van der Waals surface area contributed by atoms with E-state index in [0.717, 1.165) is 45.3 Å². The first kappa shape index (κ1) is 41.3. The Bertz CT molecular complexity index is 2480. The Hall–Kier alpha value is -5.86. The number of phosphoric ester groups is 1. The Balaban J connectivity index is 0.989. The number of phosphoric acid groups is 1. The van der Waals surface area contributed by atoms with Crippen molar-refractivity contribution in [2.75, 3.05) is 36.0 Å². The first-order chi connectivity index (χ1) is 28.1. The number of piperazine rings is 1. The van der Waals surface area contributed by atoms with Gasteiger partial charge < -0.3 is 24.7 Å². The molecular weight excluding hydrogens is 801 g/mol. The Morgan fingerprint density at radius 2 is 1.56 bits per heavy atom. The third-order valence-electron chi connectivity index (χ3n) is 10.2. The molecule has 1 aliphatic heterocycles. The fourth-order valence-corrected chi connectivity index (χ4v) is 7.69. The molecule has 7 rings (SSSR count). The number of tetrazole rings is 1. The van der Waals surface area contributed by atoms with Crippen molar-refractivity contribution in [3.8, 4) is 16.9 Å². The van der Waals surface area contributed by atoms with Crippen molar-refractivity contribution in [1.29, 1.82) is 0 Å². The Morgan fingerprint density at radius 1 is 0.881 bits per heavy atom.